The molecule has 0 spiro atoms. The maximum atomic E-state index is 12.8. The second-order valence-electron chi connectivity index (χ2n) is 17.8. The van der Waals surface area contributed by atoms with Crippen molar-refractivity contribution in [1.82, 2.24) is 0 Å². The van der Waals surface area contributed by atoms with E-state index >= 15 is 0 Å². The Morgan fingerprint density at radius 1 is 0.371 bits per heavy atom. The average Bonchev–Trinajstić information content (AvgIpc) is 3.27. The van der Waals surface area contributed by atoms with Crippen LogP contribution in [0.4, 0.5) is 0 Å². The molecule has 0 fully saturated rings. The Balaban J connectivity index is 4.30. The predicted octanol–water partition coefficient (Wildman–Crippen LogP) is 18.1. The van der Waals surface area contributed by atoms with E-state index in [2.05, 4.69) is 75.5 Å². The van der Waals surface area contributed by atoms with E-state index in [0.717, 1.165) is 51.4 Å². The zero-order valence-corrected chi connectivity index (χ0v) is 41.4. The van der Waals surface area contributed by atoms with Gasteiger partial charge in [-0.25, -0.2) is 0 Å². The molecule has 0 radical (unpaired) electrons. The number of esters is 2. The molecular weight excluding hydrogens is 765 g/mol. The fourth-order valence-corrected chi connectivity index (χ4v) is 7.58. The molecule has 0 aliphatic carbocycles. The van der Waals surface area contributed by atoms with Gasteiger partial charge in [-0.3, -0.25) is 9.59 Å². The lowest BCUT2D eigenvalue weighted by Crippen LogP contribution is -2.30. The smallest absolute Gasteiger partial charge is 0.306 e. The molecule has 0 aliphatic rings. The molecule has 0 N–H and O–H groups in total. The van der Waals surface area contributed by atoms with Crippen LogP contribution in [-0.4, -0.2) is 37.9 Å². The first-order valence-corrected chi connectivity index (χ1v) is 26.8. The zero-order valence-electron chi connectivity index (χ0n) is 41.4. The van der Waals surface area contributed by atoms with Crippen LogP contribution in [0.25, 0.3) is 0 Å². The molecule has 0 aromatic heterocycles. The predicted molar refractivity (Wildman–Crippen MR) is 270 cm³/mol. The molecule has 0 aromatic rings. The maximum absolute atomic E-state index is 12.8. The maximum Gasteiger partial charge on any atom is 0.306 e. The third-order valence-electron chi connectivity index (χ3n) is 11.6. The minimum atomic E-state index is -0.575. The van der Waals surface area contributed by atoms with E-state index in [1.165, 1.54) is 173 Å². The highest BCUT2D eigenvalue weighted by molar-refractivity contribution is 5.70. The summed E-state index contributed by atoms with van der Waals surface area (Å²) >= 11 is 0. The third kappa shape index (κ3) is 50.2. The fourth-order valence-electron chi connectivity index (χ4n) is 7.58. The van der Waals surface area contributed by atoms with Crippen LogP contribution in [0.2, 0.25) is 0 Å². The number of hydrogen-bond acceptors (Lipinski definition) is 5. The quantitative estimate of drug-likeness (QED) is 0.0346. The number of unbranched alkanes of at least 4 members (excludes halogenated alkanes) is 28. The minimum Gasteiger partial charge on any atom is -0.462 e. The molecule has 0 bridgehead atoms. The normalized spacial score (nSPS) is 12.6. The Bertz CT molecular complexity index is 1070. The summed E-state index contributed by atoms with van der Waals surface area (Å²) in [6, 6.07) is 0. The molecule has 1 atom stereocenters. The molecule has 0 rings (SSSR count). The Kier molecular flexibility index (Phi) is 50.9. The van der Waals surface area contributed by atoms with Crippen molar-refractivity contribution in [2.24, 2.45) is 0 Å². The molecule has 0 aromatic carbocycles. The van der Waals surface area contributed by atoms with Crippen LogP contribution in [0, 0.1) is 0 Å². The molecule has 62 heavy (non-hydrogen) atoms. The second-order valence-corrected chi connectivity index (χ2v) is 17.8. The van der Waals surface area contributed by atoms with Crippen LogP contribution in [0.5, 0.6) is 0 Å². The summed E-state index contributed by atoms with van der Waals surface area (Å²) in [4.78, 5) is 25.4. The Morgan fingerprint density at radius 2 is 0.758 bits per heavy atom. The van der Waals surface area contributed by atoms with Crippen LogP contribution < -0.4 is 0 Å². The van der Waals surface area contributed by atoms with Gasteiger partial charge in [0.15, 0.2) is 6.10 Å². The fraction of sp³-hybridized carbons (Fsp3) is 0.789. The highest BCUT2D eigenvalue weighted by Gasteiger charge is 2.17. The van der Waals surface area contributed by atoms with Gasteiger partial charge in [0.2, 0.25) is 0 Å². The lowest BCUT2D eigenvalue weighted by molar-refractivity contribution is -0.162. The summed E-state index contributed by atoms with van der Waals surface area (Å²) in [6.45, 7) is 7.65. The van der Waals surface area contributed by atoms with E-state index in [0.29, 0.717) is 25.9 Å². The van der Waals surface area contributed by atoms with Gasteiger partial charge in [-0.15, -0.1) is 0 Å². The SMILES string of the molecule is CC/C=C\C/C=C\C/C=C\C/C=C\CCC(=O)OC(COCCCCCCCC/C=C\CCCCCCCC)COC(=O)CCCCCCCCCCCCCCCCCCC. The second kappa shape index (κ2) is 52.9. The number of carbonyl (C=O) groups excluding carboxylic acids is 2. The van der Waals surface area contributed by atoms with Crippen molar-refractivity contribution in [2.45, 2.75) is 271 Å². The largest absolute Gasteiger partial charge is 0.462 e. The number of allylic oxidation sites excluding steroid dienone is 10. The van der Waals surface area contributed by atoms with Crippen LogP contribution in [-0.2, 0) is 23.8 Å². The number of ether oxygens (including phenoxy) is 3. The van der Waals surface area contributed by atoms with Gasteiger partial charge < -0.3 is 14.2 Å². The van der Waals surface area contributed by atoms with E-state index in [4.69, 9.17) is 14.2 Å². The van der Waals surface area contributed by atoms with Gasteiger partial charge in [0, 0.05) is 19.4 Å². The van der Waals surface area contributed by atoms with Crippen molar-refractivity contribution >= 4 is 11.9 Å². The Labute approximate surface area is 385 Å². The van der Waals surface area contributed by atoms with Crippen molar-refractivity contribution in [3.63, 3.8) is 0 Å². The molecule has 0 aliphatic heterocycles. The van der Waals surface area contributed by atoms with Crippen molar-refractivity contribution in [3.8, 4) is 0 Å². The van der Waals surface area contributed by atoms with Crippen molar-refractivity contribution in [3.05, 3.63) is 60.8 Å². The molecule has 5 nitrogen and oxygen atoms in total. The van der Waals surface area contributed by atoms with Crippen molar-refractivity contribution < 1.29 is 23.8 Å². The van der Waals surface area contributed by atoms with E-state index in [9.17, 15) is 9.59 Å². The number of hydrogen-bond donors (Lipinski definition) is 0. The van der Waals surface area contributed by atoms with Crippen LogP contribution >= 0.6 is 0 Å². The first-order valence-electron chi connectivity index (χ1n) is 26.8. The van der Waals surface area contributed by atoms with E-state index in [1.54, 1.807) is 0 Å². The molecule has 0 heterocycles. The molecule has 1 unspecified atom stereocenters. The van der Waals surface area contributed by atoms with Gasteiger partial charge >= 0.3 is 11.9 Å². The number of rotatable bonds is 49. The van der Waals surface area contributed by atoms with E-state index in [-0.39, 0.29) is 25.2 Å². The van der Waals surface area contributed by atoms with Crippen LogP contribution in [0.3, 0.4) is 0 Å². The molecule has 0 saturated carbocycles. The Hall–Kier alpha value is -2.40. The van der Waals surface area contributed by atoms with E-state index < -0.39 is 6.10 Å². The first kappa shape index (κ1) is 59.6. The van der Waals surface area contributed by atoms with Gasteiger partial charge in [0.25, 0.3) is 0 Å². The average molecular weight is 867 g/mol. The third-order valence-corrected chi connectivity index (χ3v) is 11.6. The first-order chi connectivity index (χ1) is 30.6. The molecule has 5 heteroatoms. The van der Waals surface area contributed by atoms with Crippen LogP contribution in [0.15, 0.2) is 60.8 Å². The summed E-state index contributed by atoms with van der Waals surface area (Å²) < 4.78 is 17.3. The van der Waals surface area contributed by atoms with Gasteiger partial charge in [0.05, 0.1) is 6.61 Å². The van der Waals surface area contributed by atoms with Gasteiger partial charge in [-0.05, 0) is 70.6 Å². The summed E-state index contributed by atoms with van der Waals surface area (Å²) in [5.74, 6) is -0.484. The zero-order chi connectivity index (χ0) is 44.9. The summed E-state index contributed by atoms with van der Waals surface area (Å²) in [6.07, 6.45) is 66.8. The minimum absolute atomic E-state index is 0.0565. The monoisotopic (exact) mass is 867 g/mol. The molecule has 0 amide bonds. The summed E-state index contributed by atoms with van der Waals surface area (Å²) in [7, 11) is 0. The lowest BCUT2D eigenvalue weighted by Gasteiger charge is -2.18. The molecular formula is C57H102O5. The topological polar surface area (TPSA) is 61.8 Å². The standard InChI is InChI=1S/C57H102O5/c1-4-7-10-13-16-19-22-25-27-29-30-33-35-38-41-44-47-50-56(58)61-54-55(62-57(59)51-48-45-42-39-36-32-24-21-18-15-12-9-6-3)53-60-52-49-46-43-40-37-34-31-28-26-23-20-17-14-11-8-5-2/h9,12,18,21,26,28,32,36,42,45,55H,4-8,10-11,13-17,19-20,22-25,27,29-31,33-35,37-41,43-44,46-54H2,1-3H3/b12-9-,21-18-,28-26-,36-32-,45-42-. The van der Waals surface area contributed by atoms with Gasteiger partial charge in [0.1, 0.15) is 6.61 Å². The molecule has 360 valence electrons. The summed E-state index contributed by atoms with van der Waals surface area (Å²) in [5, 5.41) is 0. The lowest BCUT2D eigenvalue weighted by atomic mass is 10.0. The van der Waals surface area contributed by atoms with Crippen LogP contribution in [0.1, 0.15) is 265 Å². The van der Waals surface area contributed by atoms with Gasteiger partial charge in [-0.1, -0.05) is 242 Å². The number of carbonyl (C=O) groups is 2. The van der Waals surface area contributed by atoms with Crippen molar-refractivity contribution in [2.75, 3.05) is 19.8 Å². The van der Waals surface area contributed by atoms with Crippen molar-refractivity contribution in [1.29, 1.82) is 0 Å². The Morgan fingerprint density at radius 3 is 1.23 bits per heavy atom. The summed E-state index contributed by atoms with van der Waals surface area (Å²) in [5.41, 5.74) is 0. The molecule has 0 saturated heterocycles. The highest BCUT2D eigenvalue weighted by atomic mass is 16.6. The highest BCUT2D eigenvalue weighted by Crippen LogP contribution is 2.15. The van der Waals surface area contributed by atoms with E-state index in [1.807, 2.05) is 6.08 Å². The van der Waals surface area contributed by atoms with Gasteiger partial charge in [-0.2, -0.15) is 0 Å².